The first kappa shape index (κ1) is 17.4. The summed E-state index contributed by atoms with van der Waals surface area (Å²) in [5.41, 5.74) is 0.461. The van der Waals surface area contributed by atoms with E-state index in [-0.39, 0.29) is 25.4 Å². The molecular weight excluding hydrogens is 320 g/mol. The number of carbonyl (C=O) groups excluding carboxylic acids is 1. The largest absolute Gasteiger partial charge is 0.481 e. The lowest BCUT2D eigenvalue weighted by Gasteiger charge is -2.43. The predicted molar refractivity (Wildman–Crippen MR) is 84.5 cm³/mol. The van der Waals surface area contributed by atoms with E-state index >= 15 is 0 Å². The number of hydrogen-bond acceptors (Lipinski definition) is 4. The van der Waals surface area contributed by atoms with E-state index in [9.17, 15) is 18.0 Å². The number of piperazine rings is 1. The summed E-state index contributed by atoms with van der Waals surface area (Å²) in [6.07, 6.45) is 0.799. The number of carboxylic acids is 1. The number of sulfonamides is 1. The highest BCUT2D eigenvalue weighted by Gasteiger charge is 2.39. The standard InChI is InChI=1S/C15H20N2O5S/c1-11-9-16(15(20)12-6-4-3-5-7-12)13(8-14(18)19)10-17(11)23(2,21)22/h3-7,11,13H,8-10H2,1-2H3,(H,18,19)/t11-,13+/m0/s1. The Morgan fingerprint density at radius 2 is 1.83 bits per heavy atom. The van der Waals surface area contributed by atoms with Crippen LogP contribution in [0.3, 0.4) is 0 Å². The van der Waals surface area contributed by atoms with Gasteiger partial charge in [-0.1, -0.05) is 18.2 Å². The maximum Gasteiger partial charge on any atom is 0.305 e. The van der Waals surface area contributed by atoms with Gasteiger partial charge in [-0.3, -0.25) is 9.59 Å². The van der Waals surface area contributed by atoms with Crippen LogP contribution in [0.15, 0.2) is 30.3 Å². The quantitative estimate of drug-likeness (QED) is 0.868. The predicted octanol–water partition coefficient (Wildman–Crippen LogP) is 0.636. The van der Waals surface area contributed by atoms with E-state index in [4.69, 9.17) is 5.11 Å². The van der Waals surface area contributed by atoms with Crippen LogP contribution in [0.1, 0.15) is 23.7 Å². The van der Waals surface area contributed by atoms with Crippen molar-refractivity contribution in [2.45, 2.75) is 25.4 Å². The summed E-state index contributed by atoms with van der Waals surface area (Å²) in [6, 6.07) is 7.48. The molecule has 2 rings (SSSR count). The molecule has 23 heavy (non-hydrogen) atoms. The second-order valence-electron chi connectivity index (χ2n) is 5.76. The average Bonchev–Trinajstić information content (AvgIpc) is 2.47. The van der Waals surface area contributed by atoms with E-state index in [1.165, 1.54) is 9.21 Å². The molecule has 8 heteroatoms. The van der Waals surface area contributed by atoms with Crippen LogP contribution in [0.2, 0.25) is 0 Å². The monoisotopic (exact) mass is 340 g/mol. The van der Waals surface area contributed by atoms with Gasteiger partial charge in [0.25, 0.3) is 5.91 Å². The zero-order valence-electron chi connectivity index (χ0n) is 13.0. The molecule has 1 N–H and O–H groups in total. The Labute approximate surface area is 135 Å². The molecule has 0 radical (unpaired) electrons. The molecule has 126 valence electrons. The van der Waals surface area contributed by atoms with Gasteiger partial charge in [0.1, 0.15) is 0 Å². The van der Waals surface area contributed by atoms with Gasteiger partial charge >= 0.3 is 5.97 Å². The Hall–Kier alpha value is -1.93. The molecule has 1 amide bonds. The third-order valence-corrected chi connectivity index (χ3v) is 5.26. The van der Waals surface area contributed by atoms with Crippen molar-refractivity contribution in [1.29, 1.82) is 0 Å². The maximum atomic E-state index is 12.7. The number of aliphatic carboxylic acids is 1. The molecule has 1 fully saturated rings. The highest BCUT2D eigenvalue weighted by atomic mass is 32.2. The maximum absolute atomic E-state index is 12.7. The molecule has 0 bridgehead atoms. The molecule has 2 atom stereocenters. The van der Waals surface area contributed by atoms with Gasteiger partial charge in [0, 0.05) is 24.7 Å². The third-order valence-electron chi connectivity index (χ3n) is 3.90. The molecular formula is C15H20N2O5S. The molecule has 1 aliphatic heterocycles. The lowest BCUT2D eigenvalue weighted by atomic mass is 10.0. The third kappa shape index (κ3) is 4.08. The molecule has 1 aliphatic rings. The average molecular weight is 340 g/mol. The summed E-state index contributed by atoms with van der Waals surface area (Å²) < 4.78 is 25.0. The van der Waals surface area contributed by atoms with Crippen molar-refractivity contribution in [2.75, 3.05) is 19.3 Å². The van der Waals surface area contributed by atoms with Crippen molar-refractivity contribution in [2.24, 2.45) is 0 Å². The fraction of sp³-hybridized carbons (Fsp3) is 0.467. The number of amides is 1. The number of hydrogen-bond donors (Lipinski definition) is 1. The Balaban J connectivity index is 2.30. The SMILES string of the molecule is C[C@H]1CN(C(=O)c2ccccc2)[C@H](CC(=O)O)CN1S(C)(=O)=O. The van der Waals surface area contributed by atoms with Crippen LogP contribution >= 0.6 is 0 Å². The van der Waals surface area contributed by atoms with Crippen molar-refractivity contribution >= 4 is 21.9 Å². The van der Waals surface area contributed by atoms with Crippen molar-refractivity contribution in [3.63, 3.8) is 0 Å². The highest BCUT2D eigenvalue weighted by molar-refractivity contribution is 7.88. The Bertz CT molecular complexity index is 689. The topological polar surface area (TPSA) is 95.0 Å². The van der Waals surface area contributed by atoms with Crippen molar-refractivity contribution in [3.05, 3.63) is 35.9 Å². The van der Waals surface area contributed by atoms with Crippen LogP contribution in [0.5, 0.6) is 0 Å². The van der Waals surface area contributed by atoms with Crippen LogP contribution in [-0.4, -0.2) is 66.0 Å². The van der Waals surface area contributed by atoms with Crippen LogP contribution < -0.4 is 0 Å². The minimum atomic E-state index is -3.46. The minimum absolute atomic E-state index is 0.00905. The van der Waals surface area contributed by atoms with E-state index in [2.05, 4.69) is 0 Å². The molecule has 1 aromatic rings. The fourth-order valence-electron chi connectivity index (χ4n) is 2.84. The molecule has 0 spiro atoms. The van der Waals surface area contributed by atoms with Gasteiger partial charge in [-0.2, -0.15) is 4.31 Å². The van der Waals surface area contributed by atoms with Crippen LogP contribution in [0.4, 0.5) is 0 Å². The highest BCUT2D eigenvalue weighted by Crippen LogP contribution is 2.22. The molecule has 0 saturated carbocycles. The van der Waals surface area contributed by atoms with E-state index < -0.39 is 28.1 Å². The van der Waals surface area contributed by atoms with Crippen molar-refractivity contribution < 1.29 is 23.1 Å². The summed E-state index contributed by atoms with van der Waals surface area (Å²) in [7, 11) is -3.46. The molecule has 7 nitrogen and oxygen atoms in total. The molecule has 0 aliphatic carbocycles. The summed E-state index contributed by atoms with van der Waals surface area (Å²) in [4.78, 5) is 25.2. The van der Waals surface area contributed by atoms with Gasteiger partial charge in [0.15, 0.2) is 0 Å². The number of nitrogens with zero attached hydrogens (tertiary/aromatic N) is 2. The van der Waals surface area contributed by atoms with Gasteiger partial charge in [-0.05, 0) is 19.1 Å². The number of benzene rings is 1. The summed E-state index contributed by atoms with van der Waals surface area (Å²) >= 11 is 0. The van der Waals surface area contributed by atoms with E-state index in [0.29, 0.717) is 5.56 Å². The first-order valence-corrected chi connectivity index (χ1v) is 9.09. The van der Waals surface area contributed by atoms with Gasteiger partial charge < -0.3 is 10.0 Å². The molecule has 0 aromatic heterocycles. The second-order valence-corrected chi connectivity index (χ2v) is 7.69. The van der Waals surface area contributed by atoms with E-state index in [1.54, 1.807) is 37.3 Å². The van der Waals surface area contributed by atoms with Gasteiger partial charge in [0.2, 0.25) is 10.0 Å². The molecule has 1 aromatic carbocycles. The molecule has 1 heterocycles. The van der Waals surface area contributed by atoms with Crippen molar-refractivity contribution in [1.82, 2.24) is 9.21 Å². The Morgan fingerprint density at radius 3 is 2.35 bits per heavy atom. The van der Waals surface area contributed by atoms with Crippen LogP contribution in [0, 0.1) is 0 Å². The lowest BCUT2D eigenvalue weighted by Crippen LogP contribution is -2.60. The lowest BCUT2D eigenvalue weighted by molar-refractivity contribution is -0.138. The van der Waals surface area contributed by atoms with Crippen LogP contribution in [-0.2, 0) is 14.8 Å². The fourth-order valence-corrected chi connectivity index (χ4v) is 4.01. The number of carbonyl (C=O) groups is 2. The molecule has 0 unspecified atom stereocenters. The molecule has 1 saturated heterocycles. The zero-order chi connectivity index (χ0) is 17.2. The van der Waals surface area contributed by atoms with Gasteiger partial charge in [-0.15, -0.1) is 0 Å². The first-order chi connectivity index (χ1) is 10.7. The summed E-state index contributed by atoms with van der Waals surface area (Å²) in [5.74, 6) is -1.35. The Kier molecular flexibility index (Phi) is 5.06. The van der Waals surface area contributed by atoms with Gasteiger partial charge in [0.05, 0.1) is 18.7 Å². The van der Waals surface area contributed by atoms with E-state index in [0.717, 1.165) is 6.26 Å². The summed E-state index contributed by atoms with van der Waals surface area (Å²) in [6.45, 7) is 1.87. The number of rotatable bonds is 4. The first-order valence-electron chi connectivity index (χ1n) is 7.24. The van der Waals surface area contributed by atoms with Crippen LogP contribution in [0.25, 0.3) is 0 Å². The number of carboxylic acid groups (broad SMARTS) is 1. The van der Waals surface area contributed by atoms with Gasteiger partial charge in [-0.25, -0.2) is 8.42 Å². The zero-order valence-corrected chi connectivity index (χ0v) is 13.9. The minimum Gasteiger partial charge on any atom is -0.481 e. The Morgan fingerprint density at radius 1 is 1.22 bits per heavy atom. The smallest absolute Gasteiger partial charge is 0.305 e. The van der Waals surface area contributed by atoms with Crippen molar-refractivity contribution in [3.8, 4) is 0 Å². The van der Waals surface area contributed by atoms with E-state index in [1.807, 2.05) is 0 Å². The second kappa shape index (κ2) is 6.67. The summed E-state index contributed by atoms with van der Waals surface area (Å²) in [5, 5.41) is 9.08. The normalized spacial score (nSPS) is 22.8.